The van der Waals surface area contributed by atoms with Gasteiger partial charge in [0.25, 0.3) is 0 Å². The van der Waals surface area contributed by atoms with E-state index in [0.717, 1.165) is 11.1 Å². The van der Waals surface area contributed by atoms with Gasteiger partial charge >= 0.3 is 18.0 Å². The summed E-state index contributed by atoms with van der Waals surface area (Å²) in [7, 11) is 1.28. The number of nitrogens with one attached hydrogen (secondary N) is 1. The molecule has 1 fully saturated rings. The zero-order valence-electron chi connectivity index (χ0n) is 19.5. The van der Waals surface area contributed by atoms with Crippen molar-refractivity contribution < 1.29 is 24.3 Å². The van der Waals surface area contributed by atoms with Gasteiger partial charge in [0, 0.05) is 12.2 Å². The number of aryl methyl sites for hydroxylation is 2. The molecule has 0 spiro atoms. The number of methoxy groups -OCH3 is 1. The number of rotatable bonds is 6. The van der Waals surface area contributed by atoms with Crippen LogP contribution in [0.15, 0.2) is 48.5 Å². The molecular weight excluding hydrogens is 424 g/mol. The SMILES string of the molecule is COC(=O)CCN1C(=O)N(c2ccccc2C)[C@H](N(O)C(=O)Nc2ccccc2C)C1(C)C. The third-order valence-electron chi connectivity index (χ3n) is 5.98. The minimum atomic E-state index is -1.06. The van der Waals surface area contributed by atoms with Crippen molar-refractivity contribution in [3.05, 3.63) is 59.7 Å². The number of hydrogen-bond donors (Lipinski definition) is 2. The maximum absolute atomic E-state index is 13.6. The summed E-state index contributed by atoms with van der Waals surface area (Å²) in [6.07, 6.45) is -1.08. The first-order valence-corrected chi connectivity index (χ1v) is 10.7. The van der Waals surface area contributed by atoms with E-state index >= 15 is 0 Å². The highest BCUT2D eigenvalue weighted by atomic mass is 16.5. The van der Waals surface area contributed by atoms with E-state index in [1.165, 1.54) is 16.9 Å². The summed E-state index contributed by atoms with van der Waals surface area (Å²) in [5.74, 6) is -0.456. The van der Waals surface area contributed by atoms with Gasteiger partial charge in [-0.2, -0.15) is 5.06 Å². The number of ether oxygens (including phenoxy) is 1. The van der Waals surface area contributed by atoms with E-state index in [1.807, 2.05) is 38.1 Å². The number of anilines is 2. The molecule has 1 aliphatic heterocycles. The van der Waals surface area contributed by atoms with Crippen molar-refractivity contribution in [3.8, 4) is 0 Å². The number of urea groups is 2. The fraction of sp³-hybridized carbons (Fsp3) is 0.375. The van der Waals surface area contributed by atoms with Gasteiger partial charge in [-0.05, 0) is 51.0 Å². The van der Waals surface area contributed by atoms with Crippen molar-refractivity contribution >= 4 is 29.4 Å². The molecule has 0 bridgehead atoms. The average Bonchev–Trinajstić information content (AvgIpc) is 2.98. The number of carbonyl (C=O) groups excluding carboxylic acids is 3. The molecule has 3 rings (SSSR count). The van der Waals surface area contributed by atoms with E-state index in [0.29, 0.717) is 16.4 Å². The van der Waals surface area contributed by atoms with Crippen molar-refractivity contribution in [1.82, 2.24) is 9.96 Å². The number of hydrogen-bond acceptors (Lipinski definition) is 5. The topological polar surface area (TPSA) is 102 Å². The minimum absolute atomic E-state index is 0.0131. The zero-order chi connectivity index (χ0) is 24.3. The van der Waals surface area contributed by atoms with E-state index < -0.39 is 29.7 Å². The van der Waals surface area contributed by atoms with Gasteiger partial charge in [-0.25, -0.2) is 9.59 Å². The molecule has 2 aromatic rings. The fourth-order valence-electron chi connectivity index (χ4n) is 4.10. The first-order valence-electron chi connectivity index (χ1n) is 10.7. The summed E-state index contributed by atoms with van der Waals surface area (Å²) < 4.78 is 4.72. The summed E-state index contributed by atoms with van der Waals surface area (Å²) in [5.41, 5.74) is 1.70. The van der Waals surface area contributed by atoms with Gasteiger partial charge in [0.15, 0.2) is 6.17 Å². The van der Waals surface area contributed by atoms with Gasteiger partial charge < -0.3 is 15.0 Å². The van der Waals surface area contributed by atoms with Crippen LogP contribution in [0.25, 0.3) is 0 Å². The summed E-state index contributed by atoms with van der Waals surface area (Å²) >= 11 is 0. The van der Waals surface area contributed by atoms with Crippen molar-refractivity contribution in [2.45, 2.75) is 45.8 Å². The van der Waals surface area contributed by atoms with E-state index in [9.17, 15) is 19.6 Å². The highest BCUT2D eigenvalue weighted by molar-refractivity contribution is 5.99. The Bertz CT molecular complexity index is 1050. The average molecular weight is 455 g/mol. The molecule has 33 heavy (non-hydrogen) atoms. The molecule has 4 amide bonds. The molecule has 2 N–H and O–H groups in total. The van der Waals surface area contributed by atoms with Crippen LogP contribution in [0, 0.1) is 13.8 Å². The molecule has 0 aliphatic carbocycles. The van der Waals surface area contributed by atoms with Crippen LogP contribution < -0.4 is 10.2 Å². The molecule has 0 unspecified atom stereocenters. The maximum Gasteiger partial charge on any atom is 0.347 e. The normalized spacial score (nSPS) is 17.2. The van der Waals surface area contributed by atoms with Gasteiger partial charge in [-0.15, -0.1) is 0 Å². The third-order valence-corrected chi connectivity index (χ3v) is 5.98. The first-order chi connectivity index (χ1) is 15.6. The summed E-state index contributed by atoms with van der Waals surface area (Å²) in [6.45, 7) is 7.25. The smallest absolute Gasteiger partial charge is 0.347 e. The molecule has 1 saturated heterocycles. The second-order valence-corrected chi connectivity index (χ2v) is 8.53. The number of amides is 4. The molecule has 0 radical (unpaired) electrons. The summed E-state index contributed by atoms with van der Waals surface area (Å²) in [6, 6.07) is 13.2. The lowest BCUT2D eigenvalue weighted by molar-refractivity contribution is -0.141. The molecule has 2 aromatic carbocycles. The maximum atomic E-state index is 13.6. The van der Waals surface area contributed by atoms with E-state index in [4.69, 9.17) is 4.74 Å². The fourth-order valence-corrected chi connectivity index (χ4v) is 4.10. The largest absolute Gasteiger partial charge is 0.469 e. The van der Waals surface area contributed by atoms with Gasteiger partial charge in [-0.3, -0.25) is 14.9 Å². The molecule has 1 heterocycles. The number of esters is 1. The predicted molar refractivity (Wildman–Crippen MR) is 124 cm³/mol. The quantitative estimate of drug-likeness (QED) is 0.388. The highest BCUT2D eigenvalue weighted by Gasteiger charge is 2.56. The second kappa shape index (κ2) is 9.50. The monoisotopic (exact) mass is 454 g/mol. The summed E-state index contributed by atoms with van der Waals surface area (Å²) in [4.78, 5) is 41.2. The number of para-hydroxylation sites is 2. The van der Waals surface area contributed by atoms with Gasteiger partial charge in [-0.1, -0.05) is 36.4 Å². The molecule has 0 saturated carbocycles. The van der Waals surface area contributed by atoms with Crippen LogP contribution in [0.3, 0.4) is 0 Å². The Morgan fingerprint density at radius 3 is 2.30 bits per heavy atom. The molecule has 1 aliphatic rings. The number of hydroxylamine groups is 2. The first kappa shape index (κ1) is 24.1. The second-order valence-electron chi connectivity index (χ2n) is 8.53. The zero-order valence-corrected chi connectivity index (χ0v) is 19.5. The molecule has 9 nitrogen and oxygen atoms in total. The Morgan fingerprint density at radius 1 is 1.09 bits per heavy atom. The van der Waals surface area contributed by atoms with Crippen molar-refractivity contribution in [3.63, 3.8) is 0 Å². The van der Waals surface area contributed by atoms with Gasteiger partial charge in [0.2, 0.25) is 0 Å². The van der Waals surface area contributed by atoms with Gasteiger partial charge in [0.05, 0.1) is 24.8 Å². The predicted octanol–water partition coefficient (Wildman–Crippen LogP) is 4.14. The minimum Gasteiger partial charge on any atom is -0.469 e. The van der Waals surface area contributed by atoms with E-state index in [1.54, 1.807) is 38.1 Å². The molecule has 0 aromatic heterocycles. The standard InChI is InChI=1S/C24H30N4O5/c1-16-10-6-8-12-18(16)25-22(30)28(32)21-24(3,4)26(15-14-20(29)33-5)23(31)27(21)19-13-9-7-11-17(19)2/h6-13,21,32H,14-15H2,1-5H3,(H,25,30)/t21-/m1/s1. The van der Waals surface area contributed by atoms with Crippen LogP contribution in [0.2, 0.25) is 0 Å². The van der Waals surface area contributed by atoms with Crippen LogP contribution in [-0.4, -0.2) is 58.6 Å². The number of carbonyl (C=O) groups is 3. The molecule has 1 atom stereocenters. The third kappa shape index (κ3) is 4.63. The van der Waals surface area contributed by atoms with Crippen molar-refractivity contribution in [2.24, 2.45) is 0 Å². The van der Waals surface area contributed by atoms with Crippen LogP contribution in [0.5, 0.6) is 0 Å². The van der Waals surface area contributed by atoms with Crippen LogP contribution >= 0.6 is 0 Å². The molecular formula is C24H30N4O5. The van der Waals surface area contributed by atoms with Crippen molar-refractivity contribution in [2.75, 3.05) is 23.9 Å². The van der Waals surface area contributed by atoms with Crippen LogP contribution in [0.4, 0.5) is 21.0 Å². The Hall–Kier alpha value is -3.59. The van der Waals surface area contributed by atoms with Crippen LogP contribution in [0.1, 0.15) is 31.4 Å². The molecule has 176 valence electrons. The lowest BCUT2D eigenvalue weighted by Gasteiger charge is -2.38. The Kier molecular flexibility index (Phi) is 6.92. The Morgan fingerprint density at radius 2 is 1.70 bits per heavy atom. The Labute approximate surface area is 193 Å². The van der Waals surface area contributed by atoms with E-state index in [2.05, 4.69) is 5.32 Å². The van der Waals surface area contributed by atoms with E-state index in [-0.39, 0.29) is 13.0 Å². The summed E-state index contributed by atoms with van der Waals surface area (Å²) in [5, 5.41) is 14.4. The highest BCUT2D eigenvalue weighted by Crippen LogP contribution is 2.39. The lowest BCUT2D eigenvalue weighted by atomic mass is 9.99. The lowest BCUT2D eigenvalue weighted by Crippen LogP contribution is -2.58. The number of benzene rings is 2. The number of nitrogens with zero attached hydrogens (tertiary/aromatic N) is 3. The Balaban J connectivity index is 1.99. The van der Waals surface area contributed by atoms with Crippen LogP contribution in [-0.2, 0) is 9.53 Å². The van der Waals surface area contributed by atoms with Gasteiger partial charge in [0.1, 0.15) is 0 Å². The molecule has 9 heteroatoms. The van der Waals surface area contributed by atoms with Crippen molar-refractivity contribution in [1.29, 1.82) is 0 Å².